The third-order valence-electron chi connectivity index (χ3n) is 9.35. The SMILES string of the molecule is CC1(C)c2ccccc2-c2cc3c4cc(-c5cccc(-c6cccc(C(=O)c7ccccc7)c6)c5)ccc4n(C(=O)O)c3cc21. The normalized spacial score (nSPS) is 13.1. The highest BCUT2D eigenvalue weighted by atomic mass is 16.4. The van der Waals surface area contributed by atoms with E-state index in [2.05, 4.69) is 68.4 Å². The largest absolute Gasteiger partial charge is 0.464 e. The Labute approximate surface area is 260 Å². The fraction of sp³-hybridized carbons (Fsp3) is 0.0732. The first kappa shape index (κ1) is 26.9. The maximum Gasteiger partial charge on any atom is 0.416 e. The molecule has 7 aromatic rings. The average Bonchev–Trinajstić information content (AvgIpc) is 3.52. The highest BCUT2D eigenvalue weighted by Gasteiger charge is 2.36. The van der Waals surface area contributed by atoms with E-state index in [9.17, 15) is 14.7 Å². The van der Waals surface area contributed by atoms with Gasteiger partial charge in [-0.25, -0.2) is 9.36 Å². The molecule has 1 aromatic heterocycles. The van der Waals surface area contributed by atoms with Gasteiger partial charge in [-0.05, 0) is 80.9 Å². The Morgan fingerprint density at radius 3 is 1.91 bits per heavy atom. The van der Waals surface area contributed by atoms with Crippen LogP contribution in [0.3, 0.4) is 0 Å². The van der Waals surface area contributed by atoms with Crippen LogP contribution in [0.2, 0.25) is 0 Å². The van der Waals surface area contributed by atoms with E-state index in [4.69, 9.17) is 0 Å². The molecular weight excluding hydrogens is 554 g/mol. The molecule has 6 aromatic carbocycles. The van der Waals surface area contributed by atoms with E-state index in [-0.39, 0.29) is 11.2 Å². The van der Waals surface area contributed by atoms with Gasteiger partial charge in [0.05, 0.1) is 11.0 Å². The van der Waals surface area contributed by atoms with Gasteiger partial charge in [0.15, 0.2) is 5.78 Å². The zero-order valence-corrected chi connectivity index (χ0v) is 24.9. The number of carboxylic acid groups (broad SMARTS) is 1. The molecule has 216 valence electrons. The van der Waals surface area contributed by atoms with Crippen LogP contribution in [0.1, 0.15) is 40.9 Å². The van der Waals surface area contributed by atoms with Gasteiger partial charge in [0.25, 0.3) is 0 Å². The topological polar surface area (TPSA) is 59.3 Å². The number of carbonyl (C=O) groups is 2. The minimum atomic E-state index is -0.997. The lowest BCUT2D eigenvalue weighted by molar-refractivity contribution is 0.103. The summed E-state index contributed by atoms with van der Waals surface area (Å²) in [6, 6.07) is 44.0. The Morgan fingerprint density at radius 1 is 0.533 bits per heavy atom. The Hall–Kier alpha value is -5.74. The van der Waals surface area contributed by atoms with Crippen molar-refractivity contribution in [2.75, 3.05) is 0 Å². The second-order valence-corrected chi connectivity index (χ2v) is 12.3. The smallest absolute Gasteiger partial charge is 0.416 e. The number of rotatable bonds is 4. The molecule has 0 amide bonds. The first-order chi connectivity index (χ1) is 21.8. The van der Waals surface area contributed by atoms with Gasteiger partial charge in [0, 0.05) is 27.3 Å². The van der Waals surface area contributed by atoms with Crippen LogP contribution in [0, 0.1) is 0 Å². The van der Waals surface area contributed by atoms with Gasteiger partial charge in [0.2, 0.25) is 0 Å². The van der Waals surface area contributed by atoms with Crippen LogP contribution >= 0.6 is 0 Å². The Balaban J connectivity index is 1.25. The van der Waals surface area contributed by atoms with E-state index in [1.807, 2.05) is 78.9 Å². The molecule has 0 saturated heterocycles. The molecule has 0 aliphatic heterocycles. The van der Waals surface area contributed by atoms with Crippen LogP contribution in [0.5, 0.6) is 0 Å². The molecular formula is C41H29NO3. The highest BCUT2D eigenvalue weighted by molar-refractivity contribution is 6.15. The Kier molecular flexibility index (Phi) is 5.91. The molecule has 1 aliphatic carbocycles. The Bertz CT molecular complexity index is 2340. The lowest BCUT2D eigenvalue weighted by atomic mass is 9.82. The summed E-state index contributed by atoms with van der Waals surface area (Å²) in [7, 11) is 0. The zero-order chi connectivity index (χ0) is 30.9. The number of benzene rings is 6. The number of nitrogens with zero attached hydrogens (tertiary/aromatic N) is 1. The van der Waals surface area contributed by atoms with Gasteiger partial charge in [-0.15, -0.1) is 0 Å². The van der Waals surface area contributed by atoms with Crippen molar-refractivity contribution in [3.63, 3.8) is 0 Å². The molecule has 0 radical (unpaired) electrons. The molecule has 1 aliphatic rings. The molecule has 4 heteroatoms. The second kappa shape index (κ2) is 9.90. The Morgan fingerprint density at radius 2 is 1.16 bits per heavy atom. The third kappa shape index (κ3) is 4.14. The second-order valence-electron chi connectivity index (χ2n) is 12.3. The first-order valence-corrected chi connectivity index (χ1v) is 15.1. The van der Waals surface area contributed by atoms with Crippen LogP contribution < -0.4 is 0 Å². The van der Waals surface area contributed by atoms with Crippen molar-refractivity contribution in [2.45, 2.75) is 19.3 Å². The number of aromatic nitrogens is 1. The molecule has 0 bridgehead atoms. The van der Waals surface area contributed by atoms with Crippen LogP contribution in [-0.4, -0.2) is 21.6 Å². The number of fused-ring (bicyclic) bond motifs is 6. The highest BCUT2D eigenvalue weighted by Crippen LogP contribution is 2.50. The van der Waals surface area contributed by atoms with E-state index >= 15 is 0 Å². The van der Waals surface area contributed by atoms with Gasteiger partial charge < -0.3 is 5.11 Å². The van der Waals surface area contributed by atoms with Crippen LogP contribution in [0.25, 0.3) is 55.2 Å². The summed E-state index contributed by atoms with van der Waals surface area (Å²) in [5.41, 5.74) is 11.2. The van der Waals surface area contributed by atoms with Crippen LogP contribution in [-0.2, 0) is 5.41 Å². The maximum absolute atomic E-state index is 13.1. The minimum absolute atomic E-state index is 0.00799. The summed E-state index contributed by atoms with van der Waals surface area (Å²) < 4.78 is 1.42. The van der Waals surface area contributed by atoms with Crippen molar-refractivity contribution < 1.29 is 14.7 Å². The lowest BCUT2D eigenvalue weighted by Gasteiger charge is -2.21. The molecule has 0 saturated carbocycles. The van der Waals surface area contributed by atoms with Gasteiger partial charge >= 0.3 is 6.09 Å². The molecule has 0 fully saturated rings. The van der Waals surface area contributed by atoms with E-state index in [0.29, 0.717) is 22.2 Å². The molecule has 0 atom stereocenters. The number of ketones is 1. The van der Waals surface area contributed by atoms with Crippen molar-refractivity contribution in [3.05, 3.63) is 156 Å². The fourth-order valence-electron chi connectivity index (χ4n) is 7.07. The molecule has 8 rings (SSSR count). The maximum atomic E-state index is 13.1. The zero-order valence-electron chi connectivity index (χ0n) is 24.9. The summed E-state index contributed by atoms with van der Waals surface area (Å²) in [6.07, 6.45) is -0.997. The monoisotopic (exact) mass is 583 g/mol. The van der Waals surface area contributed by atoms with Crippen LogP contribution in [0.15, 0.2) is 133 Å². The number of hydrogen-bond donors (Lipinski definition) is 1. The number of carbonyl (C=O) groups excluding carboxylic acids is 1. The van der Waals surface area contributed by atoms with Crippen molar-refractivity contribution in [1.29, 1.82) is 0 Å². The van der Waals surface area contributed by atoms with Gasteiger partial charge in [-0.1, -0.05) is 111 Å². The van der Waals surface area contributed by atoms with E-state index < -0.39 is 6.09 Å². The summed E-state index contributed by atoms with van der Waals surface area (Å²) in [6.45, 7) is 4.41. The average molecular weight is 584 g/mol. The first-order valence-electron chi connectivity index (χ1n) is 15.1. The standard InChI is InChI=1S/C41H29NO3/c1-41(2)35-17-7-6-16-31(35)32-23-34-33-22-29(18-19-37(33)42(40(44)45)38(34)24-36(32)41)27-13-8-12-26(20-27)28-14-9-15-30(21-28)39(43)25-10-4-3-5-11-25/h3-24H,1-2H3,(H,44,45). The third-order valence-corrected chi connectivity index (χ3v) is 9.35. The van der Waals surface area contributed by atoms with Crippen molar-refractivity contribution in [3.8, 4) is 33.4 Å². The number of hydrogen-bond acceptors (Lipinski definition) is 2. The minimum Gasteiger partial charge on any atom is -0.464 e. The summed E-state index contributed by atoms with van der Waals surface area (Å²) in [4.78, 5) is 25.8. The van der Waals surface area contributed by atoms with Gasteiger partial charge in [-0.3, -0.25) is 4.79 Å². The molecule has 45 heavy (non-hydrogen) atoms. The lowest BCUT2D eigenvalue weighted by Crippen LogP contribution is -2.15. The molecule has 1 heterocycles. The van der Waals surface area contributed by atoms with Crippen molar-refractivity contribution in [1.82, 2.24) is 4.57 Å². The van der Waals surface area contributed by atoms with Gasteiger partial charge in [0.1, 0.15) is 0 Å². The van der Waals surface area contributed by atoms with E-state index in [0.717, 1.165) is 44.2 Å². The van der Waals surface area contributed by atoms with Crippen LogP contribution in [0.4, 0.5) is 4.79 Å². The summed E-state index contributed by atoms with van der Waals surface area (Å²) in [5.74, 6) is -0.00799. The van der Waals surface area contributed by atoms with Crippen molar-refractivity contribution >= 4 is 33.7 Å². The van der Waals surface area contributed by atoms with E-state index in [1.165, 1.54) is 15.7 Å². The summed E-state index contributed by atoms with van der Waals surface area (Å²) >= 11 is 0. The predicted molar refractivity (Wildman–Crippen MR) is 181 cm³/mol. The summed E-state index contributed by atoms with van der Waals surface area (Å²) in [5, 5.41) is 12.2. The quantitative estimate of drug-likeness (QED) is 0.210. The van der Waals surface area contributed by atoms with Crippen molar-refractivity contribution in [2.24, 2.45) is 0 Å². The fourth-order valence-corrected chi connectivity index (χ4v) is 7.07. The molecule has 1 N–H and O–H groups in total. The molecule has 0 spiro atoms. The molecule has 4 nitrogen and oxygen atoms in total. The predicted octanol–water partition coefficient (Wildman–Crippen LogP) is 10.2. The van der Waals surface area contributed by atoms with Gasteiger partial charge in [-0.2, -0.15) is 0 Å². The van der Waals surface area contributed by atoms with E-state index in [1.54, 1.807) is 0 Å². The molecule has 0 unspecified atom stereocenters.